The molecule has 0 atom stereocenters. The van der Waals surface area contributed by atoms with Crippen molar-refractivity contribution in [2.24, 2.45) is 11.8 Å². The summed E-state index contributed by atoms with van der Waals surface area (Å²) in [6.45, 7) is 15.3. The van der Waals surface area contributed by atoms with E-state index in [4.69, 9.17) is 0 Å². The third-order valence-electron chi connectivity index (χ3n) is 4.00. The molecule has 0 aliphatic heterocycles. The van der Waals surface area contributed by atoms with Crippen LogP contribution in [0.15, 0.2) is 34.4 Å². The van der Waals surface area contributed by atoms with Gasteiger partial charge in [-0.1, -0.05) is 54.4 Å². The Morgan fingerprint density at radius 1 is 0.808 bits per heavy atom. The summed E-state index contributed by atoms with van der Waals surface area (Å²) in [6, 6.07) is 0. The maximum atomic E-state index is 3.36. The summed E-state index contributed by atoms with van der Waals surface area (Å²) < 4.78 is 0. The van der Waals surface area contributed by atoms with Gasteiger partial charge in [-0.25, -0.2) is 23.3 Å². The molecule has 0 spiro atoms. The molecule has 0 aromatic carbocycles. The predicted molar refractivity (Wildman–Crippen MR) is 125 cm³/mol. The van der Waals surface area contributed by atoms with Crippen LogP contribution in [-0.4, -0.2) is 6.88 Å². The maximum absolute atomic E-state index is 3.36. The van der Waals surface area contributed by atoms with Crippen LogP contribution in [0.4, 0.5) is 0 Å². The quantitative estimate of drug-likeness (QED) is 0.290. The standard InChI is InChI=1S/2C10H15.2CH3.2ClH.H2Si.Zr/c2*1-4-9-5-6-10(7-9)8(2)3;;;;;;/h2*7-8H,4,6H2,1-3H3;2*1H3;2*1H;1H2;/q4*-1;;;;. The molecule has 0 amide bonds. The predicted octanol–water partition coefficient (Wildman–Crippen LogP) is 7.05. The van der Waals surface area contributed by atoms with Gasteiger partial charge in [0.05, 0.1) is 0 Å². The zero-order valence-electron chi connectivity index (χ0n) is 18.2. The van der Waals surface area contributed by atoms with Gasteiger partial charge in [-0.3, -0.25) is 12.2 Å². The van der Waals surface area contributed by atoms with Crippen LogP contribution in [0.25, 0.3) is 0 Å². The van der Waals surface area contributed by atoms with Crippen LogP contribution in [-0.2, 0) is 23.3 Å². The number of hydrogen-bond acceptors (Lipinski definition) is 0. The summed E-state index contributed by atoms with van der Waals surface area (Å²) in [5.74, 6) is 1.41. The number of rotatable bonds is 4. The van der Waals surface area contributed by atoms with Crippen molar-refractivity contribution in [2.75, 3.05) is 0 Å². The first-order chi connectivity index (χ1) is 10.5. The van der Waals surface area contributed by atoms with Gasteiger partial charge in [-0.05, 0) is 11.8 Å². The fourth-order valence-electron chi connectivity index (χ4n) is 2.28. The summed E-state index contributed by atoms with van der Waals surface area (Å²) >= 11 is 1.58. The number of halogens is 2. The Labute approximate surface area is 194 Å². The monoisotopic (exact) mass is 492 g/mol. The number of allylic oxidation sites excluding steroid dienone is 8. The summed E-state index contributed by atoms with van der Waals surface area (Å²) in [4.78, 5) is 0. The molecule has 2 rings (SSSR count). The first-order valence-corrected chi connectivity index (χ1v) is 14.4. The SMILES string of the molecule is CCC1=[C-]CC(C(C)C)=C1.CCC1=[C-]CC(C(C)C)=C1.Cl.Cl.[CH3-].[CH3-].[SiH2]=[Zr]. The molecule has 2 aliphatic carbocycles. The zero-order chi connectivity index (χ0) is 17.1. The molecule has 0 bridgehead atoms. The zero-order valence-corrected chi connectivity index (χ0v) is 23.7. The Morgan fingerprint density at radius 2 is 1.08 bits per heavy atom. The van der Waals surface area contributed by atoms with Gasteiger partial charge in [0, 0.05) is 0 Å². The van der Waals surface area contributed by atoms with Crippen LogP contribution < -0.4 is 0 Å². The van der Waals surface area contributed by atoms with Crippen LogP contribution in [0.3, 0.4) is 0 Å². The molecule has 0 heterocycles. The molecule has 0 unspecified atom stereocenters. The fourth-order valence-corrected chi connectivity index (χ4v) is 2.28. The van der Waals surface area contributed by atoms with E-state index < -0.39 is 0 Å². The molecule has 26 heavy (non-hydrogen) atoms. The molecule has 0 saturated heterocycles. The second-order valence-corrected chi connectivity index (χ2v) is 6.21. The van der Waals surface area contributed by atoms with Gasteiger partial charge in [-0.15, -0.1) is 37.7 Å². The molecule has 0 N–H and O–H groups in total. The van der Waals surface area contributed by atoms with Crippen molar-refractivity contribution in [3.05, 3.63) is 61.4 Å². The van der Waals surface area contributed by atoms with Gasteiger partial charge >= 0.3 is 30.2 Å². The van der Waals surface area contributed by atoms with Crippen LogP contribution in [0.5, 0.6) is 0 Å². The molecule has 0 radical (unpaired) electrons. The molecule has 0 nitrogen and oxygen atoms in total. The van der Waals surface area contributed by atoms with E-state index in [1.54, 1.807) is 23.3 Å². The Morgan fingerprint density at radius 3 is 1.19 bits per heavy atom. The van der Waals surface area contributed by atoms with Gasteiger partial charge in [0.2, 0.25) is 0 Å². The van der Waals surface area contributed by atoms with E-state index >= 15 is 0 Å². The Balaban J connectivity index is -0.0000000904. The van der Waals surface area contributed by atoms with Crippen LogP contribution in [0, 0.1) is 38.8 Å². The normalized spacial score (nSPS) is 13.7. The summed E-state index contributed by atoms with van der Waals surface area (Å²) in [5, 5.41) is 0. The second-order valence-electron chi connectivity index (χ2n) is 6.21. The fraction of sp³-hybridized carbons (Fsp3) is 0.545. The van der Waals surface area contributed by atoms with E-state index in [1.807, 2.05) is 6.88 Å². The van der Waals surface area contributed by atoms with Crippen LogP contribution in [0.1, 0.15) is 67.2 Å². The Hall–Kier alpha value is 0.640. The first kappa shape index (κ1) is 37.4. The first-order valence-electron chi connectivity index (χ1n) is 8.43. The molecular formula is C22H40Cl2SiZr-4. The van der Waals surface area contributed by atoms with Crippen molar-refractivity contribution in [1.29, 1.82) is 0 Å². The number of hydrogen-bond donors (Lipinski definition) is 0. The molecule has 0 aromatic heterocycles. The summed E-state index contributed by atoms with van der Waals surface area (Å²) in [7, 11) is 0. The van der Waals surface area contributed by atoms with Gasteiger partial charge in [-0.2, -0.15) is 11.1 Å². The van der Waals surface area contributed by atoms with Crippen molar-refractivity contribution >= 4 is 31.7 Å². The molecular weight excluding hydrogens is 454 g/mol. The van der Waals surface area contributed by atoms with Gasteiger partial charge in [0.25, 0.3) is 0 Å². The molecule has 0 saturated carbocycles. The summed E-state index contributed by atoms with van der Waals surface area (Å²) in [5.41, 5.74) is 5.86. The minimum absolute atomic E-state index is 0. The van der Waals surface area contributed by atoms with Gasteiger partial charge < -0.3 is 14.9 Å². The van der Waals surface area contributed by atoms with Gasteiger partial charge in [0.15, 0.2) is 0 Å². The van der Waals surface area contributed by atoms with E-state index in [9.17, 15) is 0 Å². The van der Waals surface area contributed by atoms with Crippen LogP contribution >= 0.6 is 24.8 Å². The molecule has 4 heteroatoms. The second kappa shape index (κ2) is 21.9. The van der Waals surface area contributed by atoms with E-state index in [2.05, 4.69) is 65.8 Å². The average molecular weight is 495 g/mol. The Kier molecular flexibility index (Phi) is 31.6. The molecule has 154 valence electrons. The van der Waals surface area contributed by atoms with E-state index in [0.29, 0.717) is 11.8 Å². The van der Waals surface area contributed by atoms with Crippen molar-refractivity contribution in [2.45, 2.75) is 67.2 Å². The van der Waals surface area contributed by atoms with Gasteiger partial charge in [0.1, 0.15) is 0 Å². The molecule has 0 fully saturated rings. The molecule has 0 aromatic rings. The van der Waals surface area contributed by atoms with Crippen molar-refractivity contribution in [1.82, 2.24) is 0 Å². The van der Waals surface area contributed by atoms with E-state index in [-0.39, 0.29) is 39.7 Å². The molecule has 2 aliphatic rings. The average Bonchev–Trinajstić information content (AvgIpc) is 3.19. The summed E-state index contributed by atoms with van der Waals surface area (Å²) in [6.07, 6.45) is 15.7. The topological polar surface area (TPSA) is 0 Å². The van der Waals surface area contributed by atoms with Crippen molar-refractivity contribution in [3.8, 4) is 0 Å². The Bertz CT molecular complexity index is 419. The van der Waals surface area contributed by atoms with E-state index in [1.165, 1.54) is 22.3 Å². The van der Waals surface area contributed by atoms with Crippen molar-refractivity contribution < 1.29 is 23.3 Å². The minimum atomic E-state index is 0. The van der Waals surface area contributed by atoms with E-state index in [0.717, 1.165) is 25.7 Å². The third kappa shape index (κ3) is 14.7. The van der Waals surface area contributed by atoms with Crippen molar-refractivity contribution in [3.63, 3.8) is 0 Å². The van der Waals surface area contributed by atoms with Crippen LogP contribution in [0.2, 0.25) is 0 Å². The third-order valence-corrected chi connectivity index (χ3v) is 4.00.